The molecule has 11 nitrogen and oxygen atoms in total. The average molecular weight is 467 g/mol. The Hall–Kier alpha value is -3.93. The lowest BCUT2D eigenvalue weighted by Gasteiger charge is -2.18. The monoisotopic (exact) mass is 466 g/mol. The molecule has 1 aliphatic heterocycles. The molecule has 33 heavy (non-hydrogen) atoms. The van der Waals surface area contributed by atoms with Crippen LogP contribution in [-0.4, -0.2) is 51.5 Å². The molecule has 0 spiro atoms. The molecule has 1 aromatic carbocycles. The van der Waals surface area contributed by atoms with Crippen LogP contribution in [0.2, 0.25) is 0 Å². The number of nitrogens with zero attached hydrogens (tertiary/aromatic N) is 5. The van der Waals surface area contributed by atoms with Gasteiger partial charge in [0.15, 0.2) is 0 Å². The molecule has 170 valence electrons. The first-order valence-corrected chi connectivity index (χ1v) is 11.7. The smallest absolute Gasteiger partial charge is 0.322 e. The van der Waals surface area contributed by atoms with E-state index in [0.717, 1.165) is 5.39 Å². The zero-order valence-corrected chi connectivity index (χ0v) is 19.0. The number of carbonyl (C=O) groups is 1. The van der Waals surface area contributed by atoms with Crippen molar-refractivity contribution in [3.8, 4) is 11.4 Å². The first-order chi connectivity index (χ1) is 15.6. The van der Waals surface area contributed by atoms with E-state index in [9.17, 15) is 13.2 Å². The minimum absolute atomic E-state index is 0.0306. The molecule has 0 unspecified atom stereocenters. The maximum absolute atomic E-state index is 12.7. The Balaban J connectivity index is 1.56. The molecule has 0 bridgehead atoms. The van der Waals surface area contributed by atoms with Crippen LogP contribution in [0.4, 0.5) is 16.2 Å². The second-order valence-corrected chi connectivity index (χ2v) is 10.2. The van der Waals surface area contributed by atoms with E-state index in [2.05, 4.69) is 30.3 Å². The number of rotatable bonds is 5. The number of benzene rings is 1. The molecular formula is C21H22N8O3S. The van der Waals surface area contributed by atoms with Crippen molar-refractivity contribution in [1.29, 1.82) is 0 Å². The number of amides is 2. The van der Waals surface area contributed by atoms with Crippen molar-refractivity contribution >= 4 is 38.3 Å². The maximum atomic E-state index is 12.7. The number of aryl methyl sites for hydroxylation is 1. The second-order valence-electron chi connectivity index (χ2n) is 8.51. The Labute approximate surface area is 189 Å². The van der Waals surface area contributed by atoms with Crippen LogP contribution in [0.1, 0.15) is 13.8 Å². The van der Waals surface area contributed by atoms with Crippen LogP contribution in [0.5, 0.6) is 0 Å². The van der Waals surface area contributed by atoms with E-state index >= 15 is 0 Å². The van der Waals surface area contributed by atoms with E-state index in [-0.39, 0.29) is 16.5 Å². The summed E-state index contributed by atoms with van der Waals surface area (Å²) in [5.41, 5.74) is 2.51. The van der Waals surface area contributed by atoms with Crippen LogP contribution < -0.4 is 14.9 Å². The largest absolute Gasteiger partial charge is 0.331 e. The molecule has 1 aliphatic rings. The van der Waals surface area contributed by atoms with Crippen molar-refractivity contribution in [1.82, 2.24) is 30.3 Å². The van der Waals surface area contributed by atoms with E-state index in [0.29, 0.717) is 34.8 Å². The molecule has 4 aromatic rings. The third kappa shape index (κ3) is 3.67. The fraction of sp³-hybridized carbons (Fsp3) is 0.238. The van der Waals surface area contributed by atoms with Gasteiger partial charge < -0.3 is 5.32 Å². The van der Waals surface area contributed by atoms with Gasteiger partial charge in [-0.15, -0.1) is 0 Å². The third-order valence-electron chi connectivity index (χ3n) is 5.43. The highest BCUT2D eigenvalue weighted by atomic mass is 32.2. The van der Waals surface area contributed by atoms with E-state index < -0.39 is 10.0 Å². The predicted molar refractivity (Wildman–Crippen MR) is 123 cm³/mol. The quantitative estimate of drug-likeness (QED) is 0.413. The van der Waals surface area contributed by atoms with Gasteiger partial charge in [0.2, 0.25) is 0 Å². The van der Waals surface area contributed by atoms with Crippen molar-refractivity contribution in [3.63, 3.8) is 0 Å². The van der Waals surface area contributed by atoms with Gasteiger partial charge in [0, 0.05) is 30.5 Å². The van der Waals surface area contributed by atoms with Gasteiger partial charge in [0.25, 0.3) is 10.0 Å². The van der Waals surface area contributed by atoms with Crippen molar-refractivity contribution in [2.75, 3.05) is 16.2 Å². The molecule has 12 heteroatoms. The molecule has 0 saturated carbocycles. The molecule has 2 amide bonds. The van der Waals surface area contributed by atoms with Gasteiger partial charge in [-0.2, -0.15) is 10.2 Å². The highest BCUT2D eigenvalue weighted by Crippen LogP contribution is 2.34. The number of hydrogen-bond acceptors (Lipinski definition) is 6. The topological polar surface area (TPSA) is 138 Å². The van der Waals surface area contributed by atoms with Gasteiger partial charge in [-0.25, -0.2) is 13.2 Å². The van der Waals surface area contributed by atoms with Gasteiger partial charge in [-0.1, -0.05) is 12.1 Å². The zero-order chi connectivity index (χ0) is 23.4. The summed E-state index contributed by atoms with van der Waals surface area (Å²) in [6.07, 6.45) is 4.18. The number of urea groups is 1. The van der Waals surface area contributed by atoms with Gasteiger partial charge in [0.05, 0.1) is 35.2 Å². The number of nitrogens with one attached hydrogen (secondary N) is 3. The number of anilines is 2. The number of sulfonamides is 1. The summed E-state index contributed by atoms with van der Waals surface area (Å²) in [6, 6.07) is 8.70. The van der Waals surface area contributed by atoms with Crippen molar-refractivity contribution in [2.45, 2.75) is 24.3 Å². The van der Waals surface area contributed by atoms with E-state index in [4.69, 9.17) is 0 Å². The first-order valence-electron chi connectivity index (χ1n) is 10.2. The van der Waals surface area contributed by atoms with Crippen LogP contribution in [-0.2, 0) is 17.1 Å². The number of hydrogen-bond donors (Lipinski definition) is 3. The van der Waals surface area contributed by atoms with Crippen LogP contribution >= 0.6 is 0 Å². The van der Waals surface area contributed by atoms with Crippen molar-refractivity contribution in [2.24, 2.45) is 7.05 Å². The third-order valence-corrected chi connectivity index (χ3v) is 6.77. The maximum Gasteiger partial charge on any atom is 0.322 e. The summed E-state index contributed by atoms with van der Waals surface area (Å²) < 4.78 is 29.6. The number of aromatic amines is 1. The van der Waals surface area contributed by atoms with Gasteiger partial charge in [-0.05, 0) is 32.0 Å². The number of aromatic nitrogens is 5. The van der Waals surface area contributed by atoms with Gasteiger partial charge >= 0.3 is 6.03 Å². The molecule has 0 aliphatic carbocycles. The molecular weight excluding hydrogens is 444 g/mol. The Morgan fingerprint density at radius 1 is 1.21 bits per heavy atom. The Kier molecular flexibility index (Phi) is 4.64. The highest BCUT2D eigenvalue weighted by Gasteiger charge is 2.35. The van der Waals surface area contributed by atoms with Crippen molar-refractivity contribution < 1.29 is 13.2 Å². The Morgan fingerprint density at radius 3 is 2.73 bits per heavy atom. The molecule has 1 saturated heterocycles. The minimum atomic E-state index is -3.82. The average Bonchev–Trinajstić information content (AvgIpc) is 3.47. The number of pyridine rings is 1. The minimum Gasteiger partial charge on any atom is -0.331 e. The summed E-state index contributed by atoms with van der Waals surface area (Å²) >= 11 is 0. The van der Waals surface area contributed by atoms with E-state index in [1.807, 2.05) is 26.0 Å². The zero-order valence-electron chi connectivity index (χ0n) is 18.2. The standard InChI is InChI=1S/C21H22N8O3S/c1-21(2)12-29(20(30)25-21)13-7-8-22-17(9-13)18-15-5-4-6-16(19(15)28(3)26-18)27-33(31,32)14-10-23-24-11-14/h4-11,27H,12H2,1-3H3,(H,23,24)(H,25,30). The predicted octanol–water partition coefficient (Wildman–Crippen LogP) is 2.47. The second kappa shape index (κ2) is 7.30. The van der Waals surface area contributed by atoms with Crippen molar-refractivity contribution in [3.05, 3.63) is 48.9 Å². The van der Waals surface area contributed by atoms with E-state index in [1.54, 1.807) is 41.0 Å². The van der Waals surface area contributed by atoms with Gasteiger partial charge in [0.1, 0.15) is 10.6 Å². The lowest BCUT2D eigenvalue weighted by atomic mass is 10.1. The number of H-pyrrole nitrogens is 1. The molecule has 1 fully saturated rings. The number of carbonyl (C=O) groups excluding carboxylic acids is 1. The fourth-order valence-electron chi connectivity index (χ4n) is 3.99. The molecule has 0 atom stereocenters. The van der Waals surface area contributed by atoms with Crippen LogP contribution in [0.3, 0.4) is 0 Å². The number of para-hydroxylation sites is 1. The molecule has 3 aromatic heterocycles. The first kappa shape index (κ1) is 20.9. The summed E-state index contributed by atoms with van der Waals surface area (Å²) in [7, 11) is -2.08. The summed E-state index contributed by atoms with van der Waals surface area (Å²) in [5, 5.41) is 14.5. The molecule has 4 heterocycles. The number of fused-ring (bicyclic) bond motifs is 1. The van der Waals surface area contributed by atoms with Crippen LogP contribution in [0.15, 0.2) is 53.8 Å². The van der Waals surface area contributed by atoms with Crippen LogP contribution in [0.25, 0.3) is 22.3 Å². The van der Waals surface area contributed by atoms with E-state index in [1.165, 1.54) is 12.4 Å². The summed E-state index contributed by atoms with van der Waals surface area (Å²) in [4.78, 5) is 18.6. The lowest BCUT2D eigenvalue weighted by molar-refractivity contribution is 0.249. The lowest BCUT2D eigenvalue weighted by Crippen LogP contribution is -2.36. The Morgan fingerprint density at radius 2 is 2.03 bits per heavy atom. The molecule has 5 rings (SSSR count). The van der Waals surface area contributed by atoms with Gasteiger partial charge in [-0.3, -0.25) is 24.4 Å². The SMILES string of the molecule is Cn1nc(-c2cc(N3CC(C)(C)NC3=O)ccn2)c2cccc(NS(=O)(=O)c3cn[nH]c3)c21. The summed E-state index contributed by atoms with van der Waals surface area (Å²) in [6.45, 7) is 4.45. The Bertz CT molecular complexity index is 1470. The molecule has 3 N–H and O–H groups in total. The van der Waals surface area contributed by atoms with Crippen LogP contribution in [0, 0.1) is 0 Å². The normalized spacial score (nSPS) is 15.7. The summed E-state index contributed by atoms with van der Waals surface area (Å²) in [5.74, 6) is 0. The molecule has 0 radical (unpaired) electrons. The highest BCUT2D eigenvalue weighted by molar-refractivity contribution is 7.92. The fourth-order valence-corrected chi connectivity index (χ4v) is 4.96.